The maximum absolute atomic E-state index is 10.6. The molecule has 110 valence electrons. The summed E-state index contributed by atoms with van der Waals surface area (Å²) in [6.07, 6.45) is 0. The summed E-state index contributed by atoms with van der Waals surface area (Å²) in [6.45, 7) is 6.81. The van der Waals surface area contributed by atoms with Crippen molar-refractivity contribution >= 4 is 5.69 Å². The first-order chi connectivity index (χ1) is 9.88. The molecule has 0 saturated carbocycles. The van der Waals surface area contributed by atoms with Gasteiger partial charge in [0.05, 0.1) is 4.92 Å². The third kappa shape index (κ3) is 3.81. The molecule has 0 N–H and O–H groups in total. The van der Waals surface area contributed by atoms with E-state index in [4.69, 9.17) is 4.74 Å². The van der Waals surface area contributed by atoms with Gasteiger partial charge in [0.1, 0.15) is 12.4 Å². The minimum absolute atomic E-state index is 0.00602. The maximum Gasteiger partial charge on any atom is 0.269 e. The Hall–Kier alpha value is -2.36. The third-order valence-electron chi connectivity index (χ3n) is 3.24. The molecule has 0 aliphatic rings. The van der Waals surface area contributed by atoms with E-state index in [0.717, 1.165) is 16.9 Å². The highest BCUT2D eigenvalue weighted by Crippen LogP contribution is 2.31. The quantitative estimate of drug-likeness (QED) is 0.615. The van der Waals surface area contributed by atoms with Crippen LogP contribution in [0.1, 0.15) is 31.9 Å². The van der Waals surface area contributed by atoms with Crippen molar-refractivity contribution in [1.29, 1.82) is 0 Å². The van der Waals surface area contributed by atoms with E-state index in [2.05, 4.69) is 26.8 Å². The van der Waals surface area contributed by atoms with Gasteiger partial charge >= 0.3 is 0 Å². The van der Waals surface area contributed by atoms with Gasteiger partial charge in [-0.2, -0.15) is 0 Å². The molecule has 0 atom stereocenters. The molecule has 0 radical (unpaired) electrons. The Morgan fingerprint density at radius 1 is 1.05 bits per heavy atom. The Bertz CT molecular complexity index is 627. The fraction of sp³-hybridized carbons (Fsp3) is 0.294. The predicted octanol–water partition coefficient (Wildman–Crippen LogP) is 4.47. The van der Waals surface area contributed by atoms with Crippen molar-refractivity contribution in [1.82, 2.24) is 0 Å². The van der Waals surface area contributed by atoms with Gasteiger partial charge in [-0.15, -0.1) is 0 Å². The largest absolute Gasteiger partial charge is 0.489 e. The summed E-state index contributed by atoms with van der Waals surface area (Å²) < 4.78 is 5.88. The van der Waals surface area contributed by atoms with E-state index in [1.807, 2.05) is 18.2 Å². The zero-order chi connectivity index (χ0) is 15.5. The molecular weight excluding hydrogens is 266 g/mol. The van der Waals surface area contributed by atoms with Crippen LogP contribution in [0, 0.1) is 10.1 Å². The van der Waals surface area contributed by atoms with Crippen LogP contribution in [0.5, 0.6) is 5.75 Å². The summed E-state index contributed by atoms with van der Waals surface area (Å²) >= 11 is 0. The molecule has 4 heteroatoms. The molecule has 0 aromatic heterocycles. The third-order valence-corrected chi connectivity index (χ3v) is 3.24. The highest BCUT2D eigenvalue weighted by molar-refractivity contribution is 5.39. The standard InChI is InChI=1S/C17H19NO3/c1-17(2,3)15-6-4-5-7-16(15)21-12-13-8-10-14(11-9-13)18(19)20/h4-11H,12H2,1-3H3. The summed E-state index contributed by atoms with van der Waals surface area (Å²) in [6, 6.07) is 14.4. The van der Waals surface area contributed by atoms with Crippen LogP contribution in [-0.4, -0.2) is 4.92 Å². The number of non-ortho nitro benzene ring substituents is 1. The Morgan fingerprint density at radius 2 is 1.67 bits per heavy atom. The van der Waals surface area contributed by atoms with Crippen molar-refractivity contribution in [2.75, 3.05) is 0 Å². The SMILES string of the molecule is CC(C)(C)c1ccccc1OCc1ccc([N+](=O)[O-])cc1. The van der Waals surface area contributed by atoms with E-state index < -0.39 is 4.92 Å². The molecule has 0 saturated heterocycles. The number of benzene rings is 2. The second kappa shape index (κ2) is 5.95. The van der Waals surface area contributed by atoms with E-state index in [0.29, 0.717) is 6.61 Å². The van der Waals surface area contributed by atoms with Crippen molar-refractivity contribution in [3.05, 3.63) is 69.8 Å². The molecule has 0 bridgehead atoms. The molecule has 0 fully saturated rings. The van der Waals surface area contributed by atoms with E-state index >= 15 is 0 Å². The molecule has 0 unspecified atom stereocenters. The molecule has 21 heavy (non-hydrogen) atoms. The summed E-state index contributed by atoms with van der Waals surface area (Å²) in [7, 11) is 0. The van der Waals surface area contributed by atoms with Crippen LogP contribution in [0.3, 0.4) is 0 Å². The molecule has 0 heterocycles. The van der Waals surface area contributed by atoms with Crippen molar-refractivity contribution in [3.8, 4) is 5.75 Å². The highest BCUT2D eigenvalue weighted by atomic mass is 16.6. The molecule has 4 nitrogen and oxygen atoms in total. The number of para-hydroxylation sites is 1. The van der Waals surface area contributed by atoms with Gasteiger partial charge in [0.15, 0.2) is 0 Å². The Morgan fingerprint density at radius 3 is 2.24 bits per heavy atom. The average molecular weight is 285 g/mol. The lowest BCUT2D eigenvalue weighted by atomic mass is 9.86. The van der Waals surface area contributed by atoms with Crippen LogP contribution in [0.4, 0.5) is 5.69 Å². The van der Waals surface area contributed by atoms with Gasteiger partial charge in [0.2, 0.25) is 0 Å². The first kappa shape index (κ1) is 15.0. The second-order valence-electron chi connectivity index (χ2n) is 5.96. The van der Waals surface area contributed by atoms with Gasteiger partial charge in [-0.1, -0.05) is 39.0 Å². The first-order valence-electron chi connectivity index (χ1n) is 6.83. The zero-order valence-electron chi connectivity index (χ0n) is 12.5. The summed E-state index contributed by atoms with van der Waals surface area (Å²) in [4.78, 5) is 10.2. The fourth-order valence-corrected chi connectivity index (χ4v) is 2.09. The molecule has 0 aliphatic heterocycles. The molecule has 0 aliphatic carbocycles. The Labute approximate surface area is 124 Å². The van der Waals surface area contributed by atoms with Gasteiger partial charge in [0.25, 0.3) is 5.69 Å². The average Bonchev–Trinajstić information content (AvgIpc) is 2.45. The number of nitro benzene ring substituents is 1. The van der Waals surface area contributed by atoms with Crippen LogP contribution in [0.15, 0.2) is 48.5 Å². The van der Waals surface area contributed by atoms with E-state index in [1.165, 1.54) is 12.1 Å². The van der Waals surface area contributed by atoms with Gasteiger partial charge < -0.3 is 4.74 Å². The summed E-state index contributed by atoms with van der Waals surface area (Å²) in [5, 5.41) is 10.6. The van der Waals surface area contributed by atoms with Crippen LogP contribution in [0.2, 0.25) is 0 Å². The normalized spacial score (nSPS) is 11.2. The Balaban J connectivity index is 2.12. The van der Waals surface area contributed by atoms with Gasteiger partial charge in [0, 0.05) is 12.1 Å². The Kier molecular flexibility index (Phi) is 4.26. The molecule has 0 spiro atoms. The molecule has 2 aromatic rings. The highest BCUT2D eigenvalue weighted by Gasteiger charge is 2.18. The molecule has 0 amide bonds. The lowest BCUT2D eigenvalue weighted by Crippen LogP contribution is -2.13. The fourth-order valence-electron chi connectivity index (χ4n) is 2.09. The number of nitrogens with zero attached hydrogens (tertiary/aromatic N) is 1. The van der Waals surface area contributed by atoms with Crippen LogP contribution in [0.25, 0.3) is 0 Å². The van der Waals surface area contributed by atoms with Crippen molar-refractivity contribution in [3.63, 3.8) is 0 Å². The lowest BCUT2D eigenvalue weighted by Gasteiger charge is -2.22. The topological polar surface area (TPSA) is 52.4 Å². The zero-order valence-corrected chi connectivity index (χ0v) is 12.5. The number of rotatable bonds is 4. The van der Waals surface area contributed by atoms with E-state index in [1.54, 1.807) is 12.1 Å². The molecule has 2 aromatic carbocycles. The number of hydrogen-bond donors (Lipinski definition) is 0. The van der Waals surface area contributed by atoms with Crippen molar-refractivity contribution in [2.24, 2.45) is 0 Å². The number of ether oxygens (including phenoxy) is 1. The summed E-state index contributed by atoms with van der Waals surface area (Å²) in [5.74, 6) is 0.850. The van der Waals surface area contributed by atoms with Crippen molar-refractivity contribution < 1.29 is 9.66 Å². The monoisotopic (exact) mass is 285 g/mol. The second-order valence-corrected chi connectivity index (χ2v) is 5.96. The van der Waals surface area contributed by atoms with Gasteiger partial charge in [-0.25, -0.2) is 0 Å². The van der Waals surface area contributed by atoms with E-state index in [9.17, 15) is 10.1 Å². The van der Waals surface area contributed by atoms with Crippen LogP contribution in [-0.2, 0) is 12.0 Å². The van der Waals surface area contributed by atoms with Crippen LogP contribution < -0.4 is 4.74 Å². The first-order valence-corrected chi connectivity index (χ1v) is 6.83. The van der Waals surface area contributed by atoms with E-state index in [-0.39, 0.29) is 11.1 Å². The van der Waals surface area contributed by atoms with Gasteiger partial charge in [-0.05, 0) is 34.7 Å². The number of hydrogen-bond acceptors (Lipinski definition) is 3. The lowest BCUT2D eigenvalue weighted by molar-refractivity contribution is -0.384. The molecule has 2 rings (SSSR count). The predicted molar refractivity (Wildman–Crippen MR) is 82.6 cm³/mol. The molecular formula is C17H19NO3. The summed E-state index contributed by atoms with van der Waals surface area (Å²) in [5.41, 5.74) is 2.15. The number of nitro groups is 1. The van der Waals surface area contributed by atoms with Crippen LogP contribution >= 0.6 is 0 Å². The maximum atomic E-state index is 10.6. The minimum Gasteiger partial charge on any atom is -0.489 e. The van der Waals surface area contributed by atoms with Crippen molar-refractivity contribution in [2.45, 2.75) is 32.8 Å². The minimum atomic E-state index is -0.403. The smallest absolute Gasteiger partial charge is 0.269 e. The van der Waals surface area contributed by atoms with Gasteiger partial charge in [-0.3, -0.25) is 10.1 Å².